The maximum atomic E-state index is 13.0. The summed E-state index contributed by atoms with van der Waals surface area (Å²) in [5.41, 5.74) is 1.23. The number of piperidine rings is 1. The van der Waals surface area contributed by atoms with E-state index in [2.05, 4.69) is 15.3 Å². The lowest BCUT2D eigenvalue weighted by Crippen LogP contribution is -2.34. The van der Waals surface area contributed by atoms with Crippen LogP contribution in [0.3, 0.4) is 0 Å². The van der Waals surface area contributed by atoms with Crippen molar-refractivity contribution < 1.29 is 18.3 Å². The number of phenols is 1. The largest absolute Gasteiger partial charge is 0.508 e. The van der Waals surface area contributed by atoms with Crippen LogP contribution in [0.25, 0.3) is 5.65 Å². The molecule has 1 fully saturated rings. The van der Waals surface area contributed by atoms with E-state index in [-0.39, 0.29) is 11.4 Å². The van der Waals surface area contributed by atoms with Crippen LogP contribution < -0.4 is 4.90 Å². The summed E-state index contributed by atoms with van der Waals surface area (Å²) in [5.74, 6) is -0.0467. The van der Waals surface area contributed by atoms with E-state index in [4.69, 9.17) is 0 Å². The monoisotopic (exact) mass is 363 g/mol. The second-order valence-electron chi connectivity index (χ2n) is 6.34. The molecule has 26 heavy (non-hydrogen) atoms. The minimum absolute atomic E-state index is 0.0695. The highest BCUT2D eigenvalue weighted by atomic mass is 19.4. The minimum Gasteiger partial charge on any atom is -0.508 e. The number of nitrogens with zero attached hydrogens (tertiary/aromatic N) is 5. The van der Waals surface area contributed by atoms with Crippen LogP contribution in [0.5, 0.6) is 5.75 Å². The molecule has 0 radical (unpaired) electrons. The topological polar surface area (TPSA) is 66.5 Å². The Labute approximate surface area is 146 Å². The van der Waals surface area contributed by atoms with E-state index in [9.17, 15) is 18.3 Å². The molecule has 3 aromatic rings. The van der Waals surface area contributed by atoms with Crippen LogP contribution in [0.2, 0.25) is 0 Å². The Morgan fingerprint density at radius 3 is 2.31 bits per heavy atom. The quantitative estimate of drug-likeness (QED) is 0.757. The molecule has 9 heteroatoms. The highest BCUT2D eigenvalue weighted by Crippen LogP contribution is 2.31. The number of hydrogen-bond acceptors (Lipinski definition) is 5. The summed E-state index contributed by atoms with van der Waals surface area (Å²) >= 11 is 0. The van der Waals surface area contributed by atoms with Gasteiger partial charge in [-0.05, 0) is 48.6 Å². The minimum atomic E-state index is -4.60. The van der Waals surface area contributed by atoms with E-state index < -0.39 is 12.0 Å². The Bertz CT molecular complexity index is 914. The molecule has 1 aromatic carbocycles. The van der Waals surface area contributed by atoms with Crippen molar-refractivity contribution in [2.45, 2.75) is 24.9 Å². The smallest absolute Gasteiger partial charge is 0.453 e. The van der Waals surface area contributed by atoms with E-state index in [0.29, 0.717) is 24.8 Å². The zero-order valence-corrected chi connectivity index (χ0v) is 13.7. The molecule has 4 rings (SSSR count). The molecule has 1 N–H and O–H groups in total. The van der Waals surface area contributed by atoms with Crippen LogP contribution in [0.1, 0.15) is 30.1 Å². The van der Waals surface area contributed by atoms with Gasteiger partial charge in [-0.1, -0.05) is 12.1 Å². The van der Waals surface area contributed by atoms with E-state index in [1.807, 2.05) is 17.0 Å². The first-order valence-corrected chi connectivity index (χ1v) is 8.25. The van der Waals surface area contributed by atoms with Crippen molar-refractivity contribution in [2.24, 2.45) is 0 Å². The molecule has 3 heterocycles. The predicted molar refractivity (Wildman–Crippen MR) is 88.1 cm³/mol. The van der Waals surface area contributed by atoms with Gasteiger partial charge < -0.3 is 10.0 Å². The molecule has 0 spiro atoms. The molecule has 1 aliphatic heterocycles. The van der Waals surface area contributed by atoms with Crippen LogP contribution in [0, 0.1) is 0 Å². The van der Waals surface area contributed by atoms with Crippen LogP contribution in [0.4, 0.5) is 19.0 Å². The Balaban J connectivity index is 1.53. The number of hydrogen-bond donors (Lipinski definition) is 1. The SMILES string of the molecule is Oc1ccc(C2CCN(c3ccc4nnc(C(F)(F)F)n4n3)CC2)cc1. The summed E-state index contributed by atoms with van der Waals surface area (Å²) in [4.78, 5) is 1.97. The molecule has 2 aromatic heterocycles. The first-order chi connectivity index (χ1) is 12.4. The van der Waals surface area contributed by atoms with Gasteiger partial charge in [0.25, 0.3) is 5.82 Å². The van der Waals surface area contributed by atoms with Gasteiger partial charge in [0.15, 0.2) is 5.65 Å². The molecule has 0 unspecified atom stereocenters. The lowest BCUT2D eigenvalue weighted by atomic mass is 9.89. The predicted octanol–water partition coefficient (Wildman–Crippen LogP) is 3.23. The number of benzene rings is 1. The summed E-state index contributed by atoms with van der Waals surface area (Å²) < 4.78 is 39.7. The van der Waals surface area contributed by atoms with Crippen molar-refractivity contribution >= 4 is 11.5 Å². The Morgan fingerprint density at radius 2 is 1.65 bits per heavy atom. The third kappa shape index (κ3) is 3.04. The molecule has 6 nitrogen and oxygen atoms in total. The van der Waals surface area contributed by atoms with E-state index in [1.54, 1.807) is 18.2 Å². The molecule has 136 valence electrons. The third-order valence-electron chi connectivity index (χ3n) is 4.69. The summed E-state index contributed by atoms with van der Waals surface area (Å²) in [6.45, 7) is 1.38. The van der Waals surface area contributed by atoms with Gasteiger partial charge in [-0.2, -0.15) is 17.7 Å². The number of phenolic OH excluding ortho intramolecular Hbond substituents is 1. The molecular formula is C17H16F3N5O. The van der Waals surface area contributed by atoms with E-state index >= 15 is 0 Å². The average Bonchev–Trinajstić information content (AvgIpc) is 3.06. The molecule has 1 aliphatic rings. The highest BCUT2D eigenvalue weighted by molar-refractivity contribution is 5.46. The lowest BCUT2D eigenvalue weighted by Gasteiger charge is -2.33. The number of anilines is 1. The van der Waals surface area contributed by atoms with Crippen molar-refractivity contribution in [1.82, 2.24) is 19.8 Å². The summed E-state index contributed by atoms with van der Waals surface area (Å²) in [5, 5.41) is 20.2. The maximum Gasteiger partial charge on any atom is 0.453 e. The zero-order chi connectivity index (χ0) is 18.3. The van der Waals surface area contributed by atoms with Crippen LogP contribution in [0.15, 0.2) is 36.4 Å². The fraction of sp³-hybridized carbons (Fsp3) is 0.353. The molecule has 0 saturated carbocycles. The van der Waals surface area contributed by atoms with Crippen molar-refractivity contribution in [3.8, 4) is 5.75 Å². The van der Waals surface area contributed by atoms with Gasteiger partial charge in [0, 0.05) is 13.1 Å². The van der Waals surface area contributed by atoms with Crippen LogP contribution in [-0.2, 0) is 6.18 Å². The van der Waals surface area contributed by atoms with Crippen LogP contribution >= 0.6 is 0 Å². The number of alkyl halides is 3. The summed E-state index contributed by atoms with van der Waals surface area (Å²) in [7, 11) is 0. The fourth-order valence-electron chi connectivity index (χ4n) is 3.31. The third-order valence-corrected chi connectivity index (χ3v) is 4.69. The van der Waals surface area contributed by atoms with Crippen molar-refractivity contribution in [3.05, 3.63) is 47.8 Å². The molecule has 0 atom stereocenters. The van der Waals surface area contributed by atoms with Gasteiger partial charge in [-0.3, -0.25) is 0 Å². The van der Waals surface area contributed by atoms with Crippen molar-refractivity contribution in [3.63, 3.8) is 0 Å². The van der Waals surface area contributed by atoms with Gasteiger partial charge in [0.05, 0.1) is 0 Å². The van der Waals surface area contributed by atoms with Crippen molar-refractivity contribution in [1.29, 1.82) is 0 Å². The second-order valence-corrected chi connectivity index (χ2v) is 6.34. The molecule has 0 amide bonds. The summed E-state index contributed by atoms with van der Waals surface area (Å²) in [6.07, 6.45) is -2.88. The van der Waals surface area contributed by atoms with Gasteiger partial charge in [-0.25, -0.2) is 0 Å². The number of aromatic nitrogens is 4. The van der Waals surface area contributed by atoms with Gasteiger partial charge in [0.2, 0.25) is 0 Å². The standard InChI is InChI=1S/C17H16F3N5O/c18-17(19,20)16-22-21-14-5-6-15(23-25(14)16)24-9-7-12(8-10-24)11-1-3-13(26)4-2-11/h1-6,12,26H,7-10H2. The Kier molecular flexibility index (Phi) is 3.93. The van der Waals surface area contributed by atoms with E-state index in [0.717, 1.165) is 22.9 Å². The normalized spacial score (nSPS) is 16.3. The molecular weight excluding hydrogens is 347 g/mol. The molecule has 1 saturated heterocycles. The zero-order valence-electron chi connectivity index (χ0n) is 13.7. The van der Waals surface area contributed by atoms with Gasteiger partial charge >= 0.3 is 6.18 Å². The Morgan fingerprint density at radius 1 is 0.962 bits per heavy atom. The summed E-state index contributed by atoms with van der Waals surface area (Å²) in [6, 6.07) is 10.3. The average molecular weight is 363 g/mol. The second kappa shape index (κ2) is 6.15. The molecule has 0 aliphatic carbocycles. The first kappa shape index (κ1) is 16.6. The molecule has 0 bridgehead atoms. The fourth-order valence-corrected chi connectivity index (χ4v) is 3.31. The van der Waals surface area contributed by atoms with Crippen molar-refractivity contribution in [2.75, 3.05) is 18.0 Å². The lowest BCUT2D eigenvalue weighted by molar-refractivity contribution is -0.146. The van der Waals surface area contributed by atoms with Gasteiger partial charge in [-0.15, -0.1) is 15.3 Å². The number of halogens is 3. The number of aromatic hydroxyl groups is 1. The van der Waals surface area contributed by atoms with E-state index in [1.165, 1.54) is 6.07 Å². The van der Waals surface area contributed by atoms with Gasteiger partial charge in [0.1, 0.15) is 11.6 Å². The number of rotatable bonds is 2. The highest BCUT2D eigenvalue weighted by Gasteiger charge is 2.37. The first-order valence-electron chi connectivity index (χ1n) is 8.25. The number of fused-ring (bicyclic) bond motifs is 1. The van der Waals surface area contributed by atoms with Crippen LogP contribution in [-0.4, -0.2) is 38.0 Å². The Hall–Kier alpha value is -2.84. The maximum absolute atomic E-state index is 13.0.